The number of amides is 1. The van der Waals surface area contributed by atoms with E-state index >= 15 is 0 Å². The van der Waals surface area contributed by atoms with Gasteiger partial charge in [-0.1, -0.05) is 23.8 Å². The summed E-state index contributed by atoms with van der Waals surface area (Å²) >= 11 is 0. The highest BCUT2D eigenvalue weighted by Crippen LogP contribution is 2.25. The number of para-hydroxylation sites is 1. The molecule has 0 aliphatic carbocycles. The maximum atomic E-state index is 13.9. The lowest BCUT2D eigenvalue weighted by atomic mass is 10.2. The van der Waals surface area contributed by atoms with Crippen LogP contribution in [0.4, 0.5) is 20.2 Å². The number of halogens is 2. The zero-order chi connectivity index (χ0) is 17.9. The van der Waals surface area contributed by atoms with Gasteiger partial charge in [-0.2, -0.15) is 0 Å². The first-order chi connectivity index (χ1) is 11.2. The molecule has 0 atom stereocenters. The van der Waals surface area contributed by atoms with Crippen molar-refractivity contribution in [1.29, 1.82) is 0 Å². The number of benzene rings is 2. The smallest absolute Gasteiger partial charge is 0.245 e. The molecule has 0 saturated carbocycles. The fraction of sp³-hybridized carbons (Fsp3) is 0.188. The van der Waals surface area contributed by atoms with Crippen molar-refractivity contribution in [3.8, 4) is 0 Å². The second-order valence-corrected chi connectivity index (χ2v) is 7.16. The second-order valence-electron chi connectivity index (χ2n) is 5.25. The van der Waals surface area contributed by atoms with E-state index in [0.29, 0.717) is 9.99 Å². The van der Waals surface area contributed by atoms with Gasteiger partial charge in [-0.15, -0.1) is 0 Å². The lowest BCUT2D eigenvalue weighted by Crippen LogP contribution is -2.38. The highest BCUT2D eigenvalue weighted by molar-refractivity contribution is 7.92. The molecule has 0 unspecified atom stereocenters. The first-order valence-electron chi connectivity index (χ1n) is 6.97. The van der Waals surface area contributed by atoms with Crippen LogP contribution in [0.2, 0.25) is 0 Å². The van der Waals surface area contributed by atoms with E-state index in [-0.39, 0.29) is 0 Å². The second kappa shape index (κ2) is 6.96. The molecule has 24 heavy (non-hydrogen) atoms. The normalized spacial score (nSPS) is 11.2. The third kappa shape index (κ3) is 4.29. The van der Waals surface area contributed by atoms with Gasteiger partial charge in [-0.25, -0.2) is 17.2 Å². The van der Waals surface area contributed by atoms with Crippen LogP contribution in [-0.4, -0.2) is 27.1 Å². The molecule has 0 spiro atoms. The molecule has 0 aliphatic rings. The van der Waals surface area contributed by atoms with E-state index in [1.54, 1.807) is 24.3 Å². The summed E-state index contributed by atoms with van der Waals surface area (Å²) in [6.07, 6.45) is 0.776. The third-order valence-electron chi connectivity index (χ3n) is 3.21. The highest BCUT2D eigenvalue weighted by Gasteiger charge is 2.26. The van der Waals surface area contributed by atoms with Gasteiger partial charge < -0.3 is 5.32 Å². The molecular formula is C16H16F2N2O3S. The number of hydrogen-bond acceptors (Lipinski definition) is 3. The van der Waals surface area contributed by atoms with Gasteiger partial charge in [-0.3, -0.25) is 9.10 Å². The third-order valence-corrected chi connectivity index (χ3v) is 4.32. The maximum absolute atomic E-state index is 13.9. The minimum absolute atomic E-state index is 0.404. The molecule has 5 nitrogen and oxygen atoms in total. The number of sulfonamides is 1. The van der Waals surface area contributed by atoms with E-state index in [2.05, 4.69) is 5.32 Å². The van der Waals surface area contributed by atoms with Gasteiger partial charge >= 0.3 is 0 Å². The van der Waals surface area contributed by atoms with Crippen molar-refractivity contribution in [2.75, 3.05) is 22.4 Å². The molecule has 1 amide bonds. The van der Waals surface area contributed by atoms with Gasteiger partial charge in [0.2, 0.25) is 15.9 Å². The average Bonchev–Trinajstić information content (AvgIpc) is 2.47. The van der Waals surface area contributed by atoms with Crippen LogP contribution in [0.15, 0.2) is 42.5 Å². The first kappa shape index (κ1) is 17.9. The molecule has 1 N–H and O–H groups in total. The van der Waals surface area contributed by atoms with Crippen molar-refractivity contribution in [1.82, 2.24) is 0 Å². The van der Waals surface area contributed by atoms with Crippen LogP contribution in [0.25, 0.3) is 0 Å². The number of nitrogens with one attached hydrogen (secondary N) is 1. The van der Waals surface area contributed by atoms with E-state index in [1.165, 1.54) is 0 Å². The SMILES string of the molecule is Cc1ccc(NC(=O)CN(c2c(F)cccc2F)S(C)(=O)=O)cc1. The molecule has 2 aromatic rings. The molecular weight excluding hydrogens is 338 g/mol. The summed E-state index contributed by atoms with van der Waals surface area (Å²) in [5, 5.41) is 2.49. The van der Waals surface area contributed by atoms with Crippen molar-refractivity contribution in [3.05, 3.63) is 59.7 Å². The van der Waals surface area contributed by atoms with Crippen LogP contribution in [0.1, 0.15) is 5.56 Å². The molecule has 0 fully saturated rings. The van der Waals surface area contributed by atoms with Gasteiger partial charge in [-0.05, 0) is 31.2 Å². The van der Waals surface area contributed by atoms with Crippen LogP contribution >= 0.6 is 0 Å². The van der Waals surface area contributed by atoms with E-state index in [1.807, 2.05) is 6.92 Å². The van der Waals surface area contributed by atoms with Gasteiger partial charge in [0, 0.05) is 5.69 Å². The standard InChI is InChI=1S/C16H16F2N2O3S/c1-11-6-8-12(9-7-11)19-15(21)10-20(24(2,22)23)16-13(17)4-3-5-14(16)18/h3-9H,10H2,1-2H3,(H,19,21). The molecule has 2 rings (SSSR count). The molecule has 2 aromatic carbocycles. The lowest BCUT2D eigenvalue weighted by Gasteiger charge is -2.22. The van der Waals surface area contributed by atoms with Gasteiger partial charge in [0.25, 0.3) is 0 Å². The Hall–Kier alpha value is -2.48. The van der Waals surface area contributed by atoms with Crippen molar-refractivity contribution >= 4 is 27.3 Å². The Morgan fingerprint density at radius 3 is 2.12 bits per heavy atom. The minimum atomic E-state index is -4.06. The number of carbonyl (C=O) groups is 1. The van der Waals surface area contributed by atoms with Crippen LogP contribution in [-0.2, 0) is 14.8 Å². The Bertz CT molecular complexity index is 832. The Kier molecular flexibility index (Phi) is 5.18. The van der Waals surface area contributed by atoms with Crippen molar-refractivity contribution in [2.45, 2.75) is 6.92 Å². The minimum Gasteiger partial charge on any atom is -0.325 e. The van der Waals surface area contributed by atoms with E-state index in [0.717, 1.165) is 30.0 Å². The van der Waals surface area contributed by atoms with Crippen molar-refractivity contribution in [3.63, 3.8) is 0 Å². The molecule has 128 valence electrons. The number of anilines is 2. The summed E-state index contributed by atoms with van der Waals surface area (Å²) in [5.41, 5.74) is 0.659. The first-order valence-corrected chi connectivity index (χ1v) is 8.81. The average molecular weight is 354 g/mol. The van der Waals surface area contributed by atoms with Crippen LogP contribution in [0, 0.1) is 18.6 Å². The number of rotatable bonds is 5. The molecule has 0 radical (unpaired) electrons. The Balaban J connectivity index is 2.27. The van der Waals surface area contributed by atoms with Gasteiger partial charge in [0.1, 0.15) is 12.2 Å². The van der Waals surface area contributed by atoms with Crippen LogP contribution in [0.3, 0.4) is 0 Å². The summed E-state index contributed by atoms with van der Waals surface area (Å²) < 4.78 is 51.9. The van der Waals surface area contributed by atoms with E-state index < -0.39 is 39.8 Å². The zero-order valence-corrected chi connectivity index (χ0v) is 13.9. The van der Waals surface area contributed by atoms with E-state index in [9.17, 15) is 22.0 Å². The Morgan fingerprint density at radius 1 is 1.08 bits per heavy atom. The van der Waals surface area contributed by atoms with E-state index in [4.69, 9.17) is 0 Å². The predicted molar refractivity (Wildman–Crippen MR) is 88.4 cm³/mol. The monoisotopic (exact) mass is 354 g/mol. The fourth-order valence-corrected chi connectivity index (χ4v) is 2.92. The quantitative estimate of drug-likeness (QED) is 0.898. The predicted octanol–water partition coefficient (Wildman–Crippen LogP) is 2.68. The zero-order valence-electron chi connectivity index (χ0n) is 13.1. The molecule has 0 bridgehead atoms. The number of aryl methyl sites for hydroxylation is 1. The summed E-state index contributed by atoms with van der Waals surface area (Å²) in [7, 11) is -4.06. The molecule has 0 aliphatic heterocycles. The van der Waals surface area contributed by atoms with Crippen molar-refractivity contribution in [2.24, 2.45) is 0 Å². The summed E-state index contributed by atoms with van der Waals surface area (Å²) in [5.74, 6) is -2.85. The van der Waals surface area contributed by atoms with Crippen LogP contribution in [0.5, 0.6) is 0 Å². The maximum Gasteiger partial charge on any atom is 0.245 e. The van der Waals surface area contributed by atoms with Crippen LogP contribution < -0.4 is 9.62 Å². The number of nitrogens with zero attached hydrogens (tertiary/aromatic N) is 1. The summed E-state index contributed by atoms with van der Waals surface area (Å²) in [6, 6.07) is 9.77. The highest BCUT2D eigenvalue weighted by atomic mass is 32.2. The van der Waals surface area contributed by atoms with Gasteiger partial charge in [0.05, 0.1) is 6.26 Å². The molecule has 0 aromatic heterocycles. The lowest BCUT2D eigenvalue weighted by molar-refractivity contribution is -0.114. The number of carbonyl (C=O) groups excluding carboxylic acids is 1. The number of hydrogen-bond donors (Lipinski definition) is 1. The summed E-state index contributed by atoms with van der Waals surface area (Å²) in [4.78, 5) is 12.1. The van der Waals surface area contributed by atoms with Crippen molar-refractivity contribution < 1.29 is 22.0 Å². The van der Waals surface area contributed by atoms with Gasteiger partial charge in [0.15, 0.2) is 11.6 Å². The molecule has 8 heteroatoms. The topological polar surface area (TPSA) is 66.5 Å². The largest absolute Gasteiger partial charge is 0.325 e. The molecule has 0 heterocycles. The summed E-state index contributed by atoms with van der Waals surface area (Å²) in [6.45, 7) is 1.13. The Morgan fingerprint density at radius 2 is 1.62 bits per heavy atom. The Labute approximate surface area is 139 Å². The fourth-order valence-electron chi connectivity index (χ4n) is 2.06. The molecule has 0 saturated heterocycles.